The van der Waals surface area contributed by atoms with E-state index in [0.29, 0.717) is 0 Å². The minimum atomic E-state index is -4.56. The van der Waals surface area contributed by atoms with Crippen molar-refractivity contribution in [3.8, 4) is 23.4 Å². The second-order valence-electron chi connectivity index (χ2n) is 4.95. The van der Waals surface area contributed by atoms with E-state index in [1.165, 1.54) is 38.4 Å². The van der Waals surface area contributed by atoms with Gasteiger partial charge in [0.2, 0.25) is 5.88 Å². The molecule has 0 bridgehead atoms. The predicted octanol–water partition coefficient (Wildman–Crippen LogP) is 1.69. The zero-order valence-electron chi connectivity index (χ0n) is 13.1. The van der Waals surface area contributed by atoms with Gasteiger partial charge in [0, 0.05) is 14.1 Å². The molecule has 25 heavy (non-hydrogen) atoms. The number of aromatic nitrogens is 2. The molecule has 2 rings (SSSR count). The molecule has 0 unspecified atom stereocenters. The Kier molecular flexibility index (Phi) is 4.87. The molecule has 0 saturated heterocycles. The molecule has 7 nitrogen and oxygen atoms in total. The fraction of sp³-hybridized carbons (Fsp3) is 0.267. The number of para-hydroxylation sites is 2. The van der Waals surface area contributed by atoms with Crippen LogP contribution in [0.3, 0.4) is 0 Å². The van der Waals surface area contributed by atoms with E-state index in [4.69, 9.17) is 10.00 Å². The predicted molar refractivity (Wildman–Crippen MR) is 79.7 cm³/mol. The van der Waals surface area contributed by atoms with Crippen molar-refractivity contribution in [3.05, 3.63) is 50.7 Å². The van der Waals surface area contributed by atoms with E-state index in [1.54, 1.807) is 6.07 Å². The first-order valence-corrected chi connectivity index (χ1v) is 6.82. The van der Waals surface area contributed by atoms with E-state index >= 15 is 0 Å². The standard InChI is InChI=1S/C15H12F3N3O4/c1-20-12(22)9(7-19)13(21(2)14(20)23)25-11-6-4-3-5-10(11)24-8-15(16,17)18/h3-6H,8H2,1-2H3. The molecule has 0 aliphatic carbocycles. The number of ether oxygens (including phenoxy) is 2. The largest absolute Gasteiger partial charge is 0.480 e. The van der Waals surface area contributed by atoms with E-state index in [0.717, 1.165) is 9.13 Å². The number of halogens is 3. The number of nitriles is 1. The lowest BCUT2D eigenvalue weighted by Gasteiger charge is -2.16. The summed E-state index contributed by atoms with van der Waals surface area (Å²) in [6, 6.07) is 7.03. The maximum absolute atomic E-state index is 12.3. The van der Waals surface area contributed by atoms with Gasteiger partial charge in [-0.2, -0.15) is 18.4 Å². The molecule has 0 aliphatic rings. The van der Waals surface area contributed by atoms with E-state index in [9.17, 15) is 22.8 Å². The summed E-state index contributed by atoms with van der Waals surface area (Å²) in [4.78, 5) is 24.0. The lowest BCUT2D eigenvalue weighted by molar-refractivity contribution is -0.153. The molecule has 0 aliphatic heterocycles. The first kappa shape index (κ1) is 18.1. The van der Waals surface area contributed by atoms with Gasteiger partial charge in [-0.1, -0.05) is 12.1 Å². The summed E-state index contributed by atoms with van der Waals surface area (Å²) in [5, 5.41) is 9.16. The number of benzene rings is 1. The Morgan fingerprint density at radius 2 is 1.72 bits per heavy atom. The molecule has 0 spiro atoms. The number of rotatable bonds is 4. The van der Waals surface area contributed by atoms with Gasteiger partial charge in [0.05, 0.1) is 0 Å². The highest BCUT2D eigenvalue weighted by Gasteiger charge is 2.29. The Labute approximate surface area is 139 Å². The maximum atomic E-state index is 12.3. The van der Waals surface area contributed by atoms with Crippen LogP contribution in [0.15, 0.2) is 33.9 Å². The Bertz CT molecular complexity index is 954. The second-order valence-corrected chi connectivity index (χ2v) is 4.95. The van der Waals surface area contributed by atoms with Crippen molar-refractivity contribution in [2.45, 2.75) is 6.18 Å². The van der Waals surface area contributed by atoms with Crippen LogP contribution in [-0.4, -0.2) is 21.9 Å². The van der Waals surface area contributed by atoms with Crippen molar-refractivity contribution in [2.75, 3.05) is 6.61 Å². The van der Waals surface area contributed by atoms with Gasteiger partial charge in [0.25, 0.3) is 5.56 Å². The van der Waals surface area contributed by atoms with Crippen LogP contribution in [-0.2, 0) is 14.1 Å². The lowest BCUT2D eigenvalue weighted by Crippen LogP contribution is -2.38. The first-order chi connectivity index (χ1) is 11.7. The van der Waals surface area contributed by atoms with Crippen LogP contribution in [0, 0.1) is 11.3 Å². The second kappa shape index (κ2) is 6.72. The van der Waals surface area contributed by atoms with E-state index in [2.05, 4.69) is 4.74 Å². The first-order valence-electron chi connectivity index (χ1n) is 6.82. The molecule has 132 valence electrons. The number of alkyl halides is 3. The Morgan fingerprint density at radius 1 is 1.12 bits per heavy atom. The van der Waals surface area contributed by atoms with Gasteiger partial charge in [0.1, 0.15) is 6.07 Å². The van der Waals surface area contributed by atoms with Crippen molar-refractivity contribution >= 4 is 0 Å². The fourth-order valence-corrected chi connectivity index (χ4v) is 1.96. The topological polar surface area (TPSA) is 86.2 Å². The quantitative estimate of drug-likeness (QED) is 0.833. The van der Waals surface area contributed by atoms with Crippen molar-refractivity contribution in [2.24, 2.45) is 14.1 Å². The third-order valence-corrected chi connectivity index (χ3v) is 3.17. The molecule has 1 aromatic carbocycles. The normalized spacial score (nSPS) is 11.0. The monoisotopic (exact) mass is 355 g/mol. The molecule has 1 heterocycles. The summed E-state index contributed by atoms with van der Waals surface area (Å²) in [5.74, 6) is -0.818. The smallest absolute Gasteiger partial charge is 0.422 e. The molecule has 0 saturated carbocycles. The van der Waals surface area contributed by atoms with Crippen molar-refractivity contribution in [1.29, 1.82) is 5.26 Å². The highest BCUT2D eigenvalue weighted by atomic mass is 19.4. The van der Waals surface area contributed by atoms with Gasteiger partial charge in [0.15, 0.2) is 23.7 Å². The molecule has 0 amide bonds. The van der Waals surface area contributed by atoms with Crippen LogP contribution in [0.1, 0.15) is 5.56 Å². The van der Waals surface area contributed by atoms with Crippen LogP contribution < -0.4 is 20.7 Å². The maximum Gasteiger partial charge on any atom is 0.422 e. The van der Waals surface area contributed by atoms with E-state index in [-0.39, 0.29) is 11.5 Å². The van der Waals surface area contributed by atoms with E-state index in [1.807, 2.05) is 0 Å². The summed E-state index contributed by atoms with van der Waals surface area (Å²) < 4.78 is 48.7. The third kappa shape index (κ3) is 3.82. The van der Waals surface area contributed by atoms with Gasteiger partial charge < -0.3 is 9.47 Å². The highest BCUT2D eigenvalue weighted by Crippen LogP contribution is 2.32. The molecule has 0 atom stereocenters. The van der Waals surface area contributed by atoms with Crippen LogP contribution in [0.4, 0.5) is 13.2 Å². The molecule has 0 fully saturated rings. The summed E-state index contributed by atoms with van der Waals surface area (Å²) in [5.41, 5.74) is -2.10. The molecule has 2 aromatic rings. The fourth-order valence-electron chi connectivity index (χ4n) is 1.96. The Morgan fingerprint density at radius 3 is 2.28 bits per heavy atom. The Balaban J connectivity index is 2.50. The van der Waals surface area contributed by atoms with Gasteiger partial charge >= 0.3 is 11.9 Å². The zero-order valence-corrected chi connectivity index (χ0v) is 13.1. The highest BCUT2D eigenvalue weighted by molar-refractivity contribution is 5.45. The summed E-state index contributed by atoms with van der Waals surface area (Å²) in [6.45, 7) is -1.55. The van der Waals surface area contributed by atoms with Crippen LogP contribution in [0.5, 0.6) is 17.4 Å². The molecule has 0 N–H and O–H groups in total. The van der Waals surface area contributed by atoms with Crippen LogP contribution in [0.2, 0.25) is 0 Å². The van der Waals surface area contributed by atoms with Crippen molar-refractivity contribution < 1.29 is 22.6 Å². The summed E-state index contributed by atoms with van der Waals surface area (Å²) >= 11 is 0. The minimum Gasteiger partial charge on any atom is -0.480 e. The zero-order chi connectivity index (χ0) is 18.8. The molecular formula is C15H12F3N3O4. The third-order valence-electron chi connectivity index (χ3n) is 3.17. The lowest BCUT2D eigenvalue weighted by atomic mass is 10.3. The number of hydrogen-bond acceptors (Lipinski definition) is 5. The van der Waals surface area contributed by atoms with Crippen molar-refractivity contribution in [3.63, 3.8) is 0 Å². The van der Waals surface area contributed by atoms with Gasteiger partial charge in [-0.15, -0.1) is 0 Å². The minimum absolute atomic E-state index is 0.175. The molecule has 1 aromatic heterocycles. The average Bonchev–Trinajstić information content (AvgIpc) is 2.56. The SMILES string of the molecule is Cn1c(Oc2ccccc2OCC(F)(F)F)c(C#N)c(=O)n(C)c1=O. The van der Waals surface area contributed by atoms with Crippen LogP contribution in [0.25, 0.3) is 0 Å². The van der Waals surface area contributed by atoms with E-state index < -0.39 is 35.5 Å². The van der Waals surface area contributed by atoms with Gasteiger partial charge in [-0.05, 0) is 12.1 Å². The average molecular weight is 355 g/mol. The number of nitrogens with zero attached hydrogens (tertiary/aromatic N) is 3. The molecule has 10 heteroatoms. The summed E-state index contributed by atoms with van der Waals surface area (Å²) in [7, 11) is 2.45. The van der Waals surface area contributed by atoms with Gasteiger partial charge in [-0.3, -0.25) is 13.9 Å². The van der Waals surface area contributed by atoms with Crippen molar-refractivity contribution in [1.82, 2.24) is 9.13 Å². The van der Waals surface area contributed by atoms with Gasteiger partial charge in [-0.25, -0.2) is 4.79 Å². The Hall–Kier alpha value is -3.22. The van der Waals surface area contributed by atoms with Crippen LogP contribution >= 0.6 is 0 Å². The molecular weight excluding hydrogens is 343 g/mol. The summed E-state index contributed by atoms with van der Waals surface area (Å²) in [6.07, 6.45) is -4.56. The number of hydrogen-bond donors (Lipinski definition) is 0. The molecule has 0 radical (unpaired) electrons.